The minimum absolute atomic E-state index is 0.0442. The maximum absolute atomic E-state index is 13.4. The Morgan fingerprint density at radius 1 is 0.661 bits per heavy atom. The fourth-order valence-corrected chi connectivity index (χ4v) is 6.33. The molecule has 17 nitrogen and oxygen atoms in total. The molecule has 8 N–H and O–H groups in total. The molecule has 0 aliphatic carbocycles. The highest BCUT2D eigenvalue weighted by molar-refractivity contribution is 5.97. The number of ether oxygens (including phenoxy) is 1. The molecule has 0 heterocycles. The van der Waals surface area contributed by atoms with Crippen LogP contribution in [0.15, 0.2) is 84.9 Å². The second-order valence-electron chi connectivity index (χ2n) is 15.9. The molecule has 4 atom stereocenters. The van der Waals surface area contributed by atoms with E-state index in [0.29, 0.717) is 36.1 Å². The van der Waals surface area contributed by atoms with Crippen LogP contribution in [0.4, 0.5) is 4.79 Å². The summed E-state index contributed by atoms with van der Waals surface area (Å²) in [5.41, 5.74) is 1.40. The number of carbonyl (C=O) groups is 8. The Labute approximate surface area is 360 Å². The first-order chi connectivity index (χ1) is 29.4. The number of benzene rings is 3. The maximum Gasteiger partial charge on any atom is 0.326 e. The number of hydrogen-bond acceptors (Lipinski definition) is 9. The van der Waals surface area contributed by atoms with Gasteiger partial charge in [-0.15, -0.1) is 0 Å². The molecule has 5 amide bonds. The molecule has 17 heteroatoms. The first-order valence-corrected chi connectivity index (χ1v) is 20.3. The van der Waals surface area contributed by atoms with Gasteiger partial charge in [-0.3, -0.25) is 28.8 Å². The summed E-state index contributed by atoms with van der Waals surface area (Å²) in [4.78, 5) is 98.3. The van der Waals surface area contributed by atoms with E-state index in [2.05, 4.69) is 26.6 Å². The zero-order valence-electron chi connectivity index (χ0n) is 35.2. The number of amides is 5. The smallest absolute Gasteiger partial charge is 0.326 e. The van der Waals surface area contributed by atoms with Crippen LogP contribution in [-0.4, -0.2) is 101 Å². The summed E-state index contributed by atoms with van der Waals surface area (Å²) in [5.74, 6) is -6.22. The van der Waals surface area contributed by atoms with Gasteiger partial charge in [-0.2, -0.15) is 0 Å². The summed E-state index contributed by atoms with van der Waals surface area (Å²) >= 11 is 0. The quantitative estimate of drug-likeness (QED) is 0.0537. The summed E-state index contributed by atoms with van der Waals surface area (Å²) in [6, 6.07) is 20.5. The normalized spacial score (nSPS) is 13.0. The summed E-state index contributed by atoms with van der Waals surface area (Å²) in [6.45, 7) is 5.29. The molecule has 3 rings (SSSR count). The van der Waals surface area contributed by atoms with Crippen LogP contribution in [0.2, 0.25) is 0 Å². The molecule has 0 unspecified atom stereocenters. The molecule has 62 heavy (non-hydrogen) atoms. The predicted octanol–water partition coefficient (Wildman–Crippen LogP) is 3.74. The van der Waals surface area contributed by atoms with E-state index in [9.17, 15) is 48.6 Å². The summed E-state index contributed by atoms with van der Waals surface area (Å²) in [6.07, 6.45) is 0.883. The van der Waals surface area contributed by atoms with Gasteiger partial charge in [0.1, 0.15) is 17.8 Å². The van der Waals surface area contributed by atoms with Crippen molar-refractivity contribution in [3.8, 4) is 5.75 Å². The van der Waals surface area contributed by atoms with Gasteiger partial charge in [0.25, 0.3) is 11.8 Å². The largest absolute Gasteiger partial charge is 0.484 e. The number of hydrogen-bond donors (Lipinski definition) is 8. The first-order valence-electron chi connectivity index (χ1n) is 20.3. The molecular formula is C45H57N5O12. The van der Waals surface area contributed by atoms with E-state index in [1.165, 1.54) is 0 Å². The Balaban J connectivity index is 1.49. The second-order valence-corrected chi connectivity index (χ2v) is 15.9. The topological polar surface area (TPSA) is 267 Å². The third-order valence-electron chi connectivity index (χ3n) is 9.83. The van der Waals surface area contributed by atoms with Crippen LogP contribution >= 0.6 is 0 Å². The van der Waals surface area contributed by atoms with E-state index in [1.807, 2.05) is 51.1 Å². The Hall–Kier alpha value is -6.78. The van der Waals surface area contributed by atoms with Gasteiger partial charge in [-0.25, -0.2) is 9.59 Å². The molecule has 0 fully saturated rings. The van der Waals surface area contributed by atoms with Gasteiger partial charge in [0, 0.05) is 37.4 Å². The molecule has 0 aliphatic rings. The van der Waals surface area contributed by atoms with Gasteiger partial charge >= 0.3 is 23.9 Å². The molecule has 0 saturated heterocycles. The Morgan fingerprint density at radius 3 is 1.89 bits per heavy atom. The van der Waals surface area contributed by atoms with Crippen LogP contribution in [-0.2, 0) is 41.6 Å². The van der Waals surface area contributed by atoms with E-state index >= 15 is 0 Å². The number of carboxylic acid groups (broad SMARTS) is 3. The highest BCUT2D eigenvalue weighted by Crippen LogP contribution is 2.24. The number of carbonyl (C=O) groups excluding carboxylic acids is 5. The lowest BCUT2D eigenvalue weighted by Crippen LogP contribution is -2.52. The van der Waals surface area contributed by atoms with Gasteiger partial charge in [0.05, 0.1) is 12.5 Å². The zero-order chi connectivity index (χ0) is 45.7. The number of nitrogens with one attached hydrogen (secondary N) is 5. The second kappa shape index (κ2) is 25.1. The lowest BCUT2D eigenvalue weighted by molar-refractivity contribution is -0.143. The average Bonchev–Trinajstić information content (AvgIpc) is 3.23. The van der Waals surface area contributed by atoms with Gasteiger partial charge in [-0.05, 0) is 72.9 Å². The lowest BCUT2D eigenvalue weighted by Gasteiger charge is -2.32. The van der Waals surface area contributed by atoms with Crippen molar-refractivity contribution in [3.63, 3.8) is 0 Å². The molecule has 334 valence electrons. The third-order valence-corrected chi connectivity index (χ3v) is 9.83. The van der Waals surface area contributed by atoms with Crippen LogP contribution in [0, 0.1) is 11.3 Å². The minimum atomic E-state index is -1.36. The molecule has 0 aliphatic heterocycles. The van der Waals surface area contributed by atoms with Gasteiger partial charge in [0.2, 0.25) is 5.91 Å². The first kappa shape index (κ1) is 49.6. The molecule has 0 aromatic heterocycles. The van der Waals surface area contributed by atoms with Crippen LogP contribution in [0.3, 0.4) is 0 Å². The van der Waals surface area contributed by atoms with Crippen molar-refractivity contribution in [1.82, 2.24) is 26.6 Å². The zero-order valence-corrected chi connectivity index (χ0v) is 35.2. The number of urea groups is 1. The minimum Gasteiger partial charge on any atom is -0.484 e. The van der Waals surface area contributed by atoms with E-state index in [-0.39, 0.29) is 44.8 Å². The van der Waals surface area contributed by atoms with Crippen LogP contribution in [0.1, 0.15) is 80.8 Å². The molecular weight excluding hydrogens is 803 g/mol. The lowest BCUT2D eigenvalue weighted by atomic mass is 9.84. The highest BCUT2D eigenvalue weighted by Gasteiger charge is 2.29. The number of unbranched alkanes of at least 4 members (excludes halogenated alkanes) is 1. The van der Waals surface area contributed by atoms with Gasteiger partial charge in [-0.1, -0.05) is 81.4 Å². The Kier molecular flexibility index (Phi) is 20.1. The van der Waals surface area contributed by atoms with Crippen molar-refractivity contribution in [1.29, 1.82) is 0 Å². The molecule has 0 radical (unpaired) electrons. The number of ketones is 1. The van der Waals surface area contributed by atoms with Crippen molar-refractivity contribution in [3.05, 3.63) is 102 Å². The molecule has 3 aromatic carbocycles. The van der Waals surface area contributed by atoms with E-state index < -0.39 is 83.9 Å². The van der Waals surface area contributed by atoms with E-state index in [4.69, 9.17) is 9.84 Å². The Bertz CT molecular complexity index is 1970. The molecule has 0 spiro atoms. The number of carboxylic acids is 3. The fourth-order valence-electron chi connectivity index (χ4n) is 6.33. The summed E-state index contributed by atoms with van der Waals surface area (Å²) in [7, 11) is 0. The summed E-state index contributed by atoms with van der Waals surface area (Å²) in [5, 5.41) is 41.3. The standard InChI is InChI=1S/C45H57N5O12/c1-45(2,3)37(50-44(61)49-35(43(59)60)21-22-39(53)54)16-10-11-23-46-41(56)36(25-29-12-6-4-7-13-29)48-38(52)28-62-34-19-17-30(18-20-34)24-32(42(57)58)26-33(51)27-47-40(55)31-14-8-5-9-15-31/h4-9,12-15,17-20,32,35-37H,10-11,16,21-28H2,1-3H3,(H,46,56)(H,47,55)(H,48,52)(H,53,54)(H,57,58)(H,59,60)(H2,49,50,61)/t32-,35+,36+,37+/m1/s1. The van der Waals surface area contributed by atoms with Gasteiger partial charge in [0.15, 0.2) is 12.4 Å². The van der Waals surface area contributed by atoms with Crippen LogP contribution in [0.5, 0.6) is 5.75 Å². The van der Waals surface area contributed by atoms with Crippen molar-refractivity contribution < 1.29 is 58.4 Å². The molecule has 3 aromatic rings. The molecule has 0 saturated carbocycles. The van der Waals surface area contributed by atoms with Crippen molar-refractivity contribution in [2.24, 2.45) is 11.3 Å². The van der Waals surface area contributed by atoms with Crippen molar-refractivity contribution in [2.45, 2.75) is 90.3 Å². The number of aliphatic carboxylic acids is 3. The number of Topliss-reactive ketones (excluding diaryl/α,β-unsaturated/α-hetero) is 1. The maximum atomic E-state index is 13.4. The third kappa shape index (κ3) is 18.6. The van der Waals surface area contributed by atoms with E-state index in [1.54, 1.807) is 54.6 Å². The van der Waals surface area contributed by atoms with E-state index in [0.717, 1.165) is 5.56 Å². The SMILES string of the molecule is CC(C)(C)[C@H](CCCCNC(=O)[C@H](Cc1ccccc1)NC(=O)COc1ccc(C[C@H](CC(=O)CNC(=O)c2ccccc2)C(=O)O)cc1)NC(=O)N[C@@H](CCC(=O)O)C(=O)O. The Morgan fingerprint density at radius 2 is 1.29 bits per heavy atom. The molecule has 0 bridgehead atoms. The monoisotopic (exact) mass is 859 g/mol. The van der Waals surface area contributed by atoms with Gasteiger partial charge < -0.3 is 46.6 Å². The number of rotatable bonds is 26. The summed E-state index contributed by atoms with van der Waals surface area (Å²) < 4.78 is 5.66. The van der Waals surface area contributed by atoms with Crippen molar-refractivity contribution in [2.75, 3.05) is 19.7 Å². The van der Waals surface area contributed by atoms with Crippen LogP contribution < -0.4 is 31.3 Å². The predicted molar refractivity (Wildman–Crippen MR) is 227 cm³/mol. The highest BCUT2D eigenvalue weighted by atomic mass is 16.5. The fraction of sp³-hybridized carbons (Fsp3) is 0.422. The van der Waals surface area contributed by atoms with Crippen molar-refractivity contribution >= 4 is 47.4 Å². The van der Waals surface area contributed by atoms with Crippen LogP contribution in [0.25, 0.3) is 0 Å². The average molecular weight is 860 g/mol.